The maximum atomic E-state index is 12.8. The first-order chi connectivity index (χ1) is 15.3. The first-order valence-corrected chi connectivity index (χ1v) is 11.5. The van der Waals surface area contributed by atoms with Gasteiger partial charge in [-0.2, -0.15) is 13.2 Å². The van der Waals surface area contributed by atoms with E-state index in [1.165, 1.54) is 11.8 Å². The molecule has 32 heavy (non-hydrogen) atoms. The molecule has 1 aromatic carbocycles. The van der Waals surface area contributed by atoms with Crippen LogP contribution < -0.4 is 4.90 Å². The minimum absolute atomic E-state index is 0.00386. The average molecular weight is 484 g/mol. The molecule has 0 spiro atoms. The zero-order valence-corrected chi connectivity index (χ0v) is 18.8. The van der Waals surface area contributed by atoms with E-state index < -0.39 is 11.7 Å². The zero-order chi connectivity index (χ0) is 22.9. The van der Waals surface area contributed by atoms with Crippen molar-refractivity contribution < 1.29 is 18.0 Å². The molecule has 3 heterocycles. The first kappa shape index (κ1) is 22.7. The Morgan fingerprint density at radius 3 is 2.56 bits per heavy atom. The second-order valence-corrected chi connectivity index (χ2v) is 8.66. The van der Waals surface area contributed by atoms with Crippen LogP contribution in [0.15, 0.2) is 41.7 Å². The normalized spacial score (nSPS) is 14.9. The van der Waals surface area contributed by atoms with E-state index in [1.807, 2.05) is 31.2 Å². The van der Waals surface area contributed by atoms with E-state index in [0.717, 1.165) is 35.0 Å². The number of amides is 1. The van der Waals surface area contributed by atoms with Crippen LogP contribution in [-0.2, 0) is 17.5 Å². The van der Waals surface area contributed by atoms with Crippen molar-refractivity contribution in [2.75, 3.05) is 36.8 Å². The lowest BCUT2D eigenvalue weighted by molar-refractivity contribution is -0.137. The van der Waals surface area contributed by atoms with Crippen molar-refractivity contribution in [1.82, 2.24) is 19.4 Å². The van der Waals surface area contributed by atoms with Gasteiger partial charge in [0.25, 0.3) is 0 Å². The summed E-state index contributed by atoms with van der Waals surface area (Å²) >= 11 is 7.46. The Kier molecular flexibility index (Phi) is 6.52. The van der Waals surface area contributed by atoms with Gasteiger partial charge in [-0.1, -0.05) is 35.5 Å². The Labute approximate surface area is 192 Å². The Hall–Kier alpha value is -2.46. The zero-order valence-electron chi connectivity index (χ0n) is 17.3. The van der Waals surface area contributed by atoms with Crippen LogP contribution in [-0.4, -0.2) is 57.3 Å². The van der Waals surface area contributed by atoms with Crippen LogP contribution in [0.5, 0.6) is 0 Å². The van der Waals surface area contributed by atoms with Gasteiger partial charge >= 0.3 is 6.18 Å². The lowest BCUT2D eigenvalue weighted by Gasteiger charge is -2.35. The molecule has 2 aromatic heterocycles. The minimum atomic E-state index is -4.49. The van der Waals surface area contributed by atoms with Crippen molar-refractivity contribution in [3.05, 3.63) is 47.1 Å². The Morgan fingerprint density at radius 2 is 1.91 bits per heavy atom. The van der Waals surface area contributed by atoms with Gasteiger partial charge in [-0.3, -0.25) is 4.79 Å². The van der Waals surface area contributed by atoms with Crippen LogP contribution in [0.1, 0.15) is 12.5 Å². The van der Waals surface area contributed by atoms with Crippen molar-refractivity contribution in [1.29, 1.82) is 0 Å². The molecule has 0 atom stereocenters. The number of imidazole rings is 1. The molecule has 170 valence electrons. The Balaban J connectivity index is 1.35. The molecule has 0 aliphatic carbocycles. The number of carbonyl (C=O) groups excluding carboxylic acids is 1. The molecule has 1 fully saturated rings. The summed E-state index contributed by atoms with van der Waals surface area (Å²) in [5, 5.41) is 0.759. The Bertz CT molecular complexity index is 1130. The molecule has 11 heteroatoms. The van der Waals surface area contributed by atoms with Gasteiger partial charge in [-0.15, -0.1) is 0 Å². The van der Waals surface area contributed by atoms with Gasteiger partial charge in [-0.25, -0.2) is 9.97 Å². The molecule has 0 unspecified atom stereocenters. The number of aryl methyl sites for hydroxylation is 1. The summed E-state index contributed by atoms with van der Waals surface area (Å²) in [4.78, 5) is 24.8. The van der Waals surface area contributed by atoms with Crippen LogP contribution in [0, 0.1) is 0 Å². The van der Waals surface area contributed by atoms with Crippen molar-refractivity contribution in [2.24, 2.45) is 0 Å². The van der Waals surface area contributed by atoms with E-state index in [4.69, 9.17) is 11.6 Å². The number of benzene rings is 1. The number of halogens is 4. The molecule has 0 radical (unpaired) electrons. The fourth-order valence-electron chi connectivity index (χ4n) is 3.67. The minimum Gasteiger partial charge on any atom is -0.352 e. The summed E-state index contributed by atoms with van der Waals surface area (Å²) in [5.74, 6) is 0.566. The highest BCUT2D eigenvalue weighted by Crippen LogP contribution is 2.34. The van der Waals surface area contributed by atoms with Gasteiger partial charge in [-0.05, 0) is 25.1 Å². The van der Waals surface area contributed by atoms with Crippen molar-refractivity contribution >= 4 is 46.1 Å². The number of anilines is 1. The molecule has 1 saturated heterocycles. The first-order valence-electron chi connectivity index (χ1n) is 10.1. The number of nitrogens with zero attached hydrogens (tertiary/aromatic N) is 5. The summed E-state index contributed by atoms with van der Waals surface area (Å²) in [7, 11) is 0. The number of alkyl halides is 3. The summed E-state index contributed by atoms with van der Waals surface area (Å²) in [6, 6.07) is 8.75. The van der Waals surface area contributed by atoms with Crippen molar-refractivity contribution in [3.63, 3.8) is 0 Å². The van der Waals surface area contributed by atoms with E-state index in [2.05, 4.69) is 14.5 Å². The summed E-state index contributed by atoms with van der Waals surface area (Å²) in [6.45, 7) is 4.59. The summed E-state index contributed by atoms with van der Waals surface area (Å²) in [6.07, 6.45) is -3.70. The highest BCUT2D eigenvalue weighted by molar-refractivity contribution is 7.99. The van der Waals surface area contributed by atoms with Crippen LogP contribution in [0.3, 0.4) is 0 Å². The second kappa shape index (κ2) is 9.19. The van der Waals surface area contributed by atoms with Gasteiger partial charge in [0.05, 0.1) is 27.4 Å². The highest BCUT2D eigenvalue weighted by Gasteiger charge is 2.32. The molecule has 3 aromatic rings. The van der Waals surface area contributed by atoms with Crippen LogP contribution in [0.25, 0.3) is 11.0 Å². The fraction of sp³-hybridized carbons (Fsp3) is 0.381. The maximum Gasteiger partial charge on any atom is 0.417 e. The number of aromatic nitrogens is 3. The average Bonchev–Trinajstić information content (AvgIpc) is 3.14. The number of hydrogen-bond donors (Lipinski definition) is 0. The van der Waals surface area contributed by atoms with Gasteiger partial charge in [0.15, 0.2) is 5.16 Å². The second-order valence-electron chi connectivity index (χ2n) is 7.31. The van der Waals surface area contributed by atoms with Gasteiger partial charge in [0, 0.05) is 38.9 Å². The summed E-state index contributed by atoms with van der Waals surface area (Å²) in [5.41, 5.74) is 1.06. The third-order valence-electron chi connectivity index (χ3n) is 5.34. The molecule has 0 saturated carbocycles. The molecular weight excluding hydrogens is 463 g/mol. The molecule has 6 nitrogen and oxygen atoms in total. The number of para-hydroxylation sites is 2. The number of hydrogen-bond acceptors (Lipinski definition) is 5. The number of rotatable bonds is 5. The van der Waals surface area contributed by atoms with E-state index in [0.29, 0.717) is 32.0 Å². The van der Waals surface area contributed by atoms with E-state index in [9.17, 15) is 18.0 Å². The molecule has 1 amide bonds. The molecular formula is C21H21ClF3N5OS. The fourth-order valence-corrected chi connectivity index (χ4v) is 4.94. The highest BCUT2D eigenvalue weighted by atomic mass is 35.5. The largest absolute Gasteiger partial charge is 0.417 e. The number of fused-ring (bicyclic) bond motifs is 1. The topological polar surface area (TPSA) is 54.3 Å². The third-order valence-corrected chi connectivity index (χ3v) is 6.58. The van der Waals surface area contributed by atoms with Gasteiger partial charge < -0.3 is 14.4 Å². The van der Waals surface area contributed by atoms with Crippen LogP contribution in [0.4, 0.5) is 19.0 Å². The lowest BCUT2D eigenvalue weighted by Crippen LogP contribution is -2.49. The predicted molar refractivity (Wildman–Crippen MR) is 119 cm³/mol. The molecule has 1 aliphatic rings. The SMILES string of the molecule is CCn1c(SCC(=O)N2CCN(c3ncc(C(F)(F)F)cc3Cl)CC2)nc2ccccc21. The van der Waals surface area contributed by atoms with E-state index in [1.54, 1.807) is 9.80 Å². The standard InChI is InChI=1S/C21H21ClF3N5OS/c1-2-30-17-6-4-3-5-16(17)27-20(30)32-13-18(31)28-7-9-29(10-8-28)19-15(22)11-14(12-26-19)21(23,24)25/h3-6,11-12H,2,7-10,13H2,1H3. The molecule has 0 N–H and O–H groups in total. The summed E-state index contributed by atoms with van der Waals surface area (Å²) < 4.78 is 40.5. The molecule has 1 aliphatic heterocycles. The maximum absolute atomic E-state index is 12.8. The molecule has 4 rings (SSSR count). The van der Waals surface area contributed by atoms with Gasteiger partial charge in [0.2, 0.25) is 5.91 Å². The third kappa shape index (κ3) is 4.66. The predicted octanol–water partition coefficient (Wildman–Crippen LogP) is 4.56. The number of thioether (sulfide) groups is 1. The molecule has 0 bridgehead atoms. The number of carbonyl (C=O) groups is 1. The van der Waals surface area contributed by atoms with Crippen LogP contribution >= 0.6 is 23.4 Å². The Morgan fingerprint density at radius 1 is 1.19 bits per heavy atom. The van der Waals surface area contributed by atoms with Crippen molar-refractivity contribution in [2.45, 2.75) is 24.8 Å². The number of piperazine rings is 1. The van der Waals surface area contributed by atoms with E-state index >= 15 is 0 Å². The monoisotopic (exact) mass is 483 g/mol. The lowest BCUT2D eigenvalue weighted by atomic mass is 10.2. The number of pyridine rings is 1. The van der Waals surface area contributed by atoms with Gasteiger partial charge in [0.1, 0.15) is 5.82 Å². The quantitative estimate of drug-likeness (QED) is 0.498. The van der Waals surface area contributed by atoms with E-state index in [-0.39, 0.29) is 16.7 Å². The van der Waals surface area contributed by atoms with Crippen molar-refractivity contribution in [3.8, 4) is 0 Å². The van der Waals surface area contributed by atoms with Crippen LogP contribution in [0.2, 0.25) is 5.02 Å². The smallest absolute Gasteiger partial charge is 0.352 e.